The molecular formula is C22H20N4O2. The standard InChI is InChI=1S/C22H20N4O2/c1-26-13-7-12-19(26)22(28)25-24-20(15-8-3-2-4-9-15)21(27)17-14-23-18-11-6-5-10-16(17)18/h2-14,20,23-24H,1H3,(H,25,28)/t20-/m0/s1. The Bertz CT molecular complexity index is 1130. The summed E-state index contributed by atoms with van der Waals surface area (Å²) in [6.07, 6.45) is 3.50. The Labute approximate surface area is 162 Å². The summed E-state index contributed by atoms with van der Waals surface area (Å²) in [4.78, 5) is 29.0. The van der Waals surface area contributed by atoms with Crippen LogP contribution >= 0.6 is 0 Å². The van der Waals surface area contributed by atoms with Gasteiger partial charge in [-0.1, -0.05) is 48.5 Å². The summed E-state index contributed by atoms with van der Waals surface area (Å²) in [5.41, 5.74) is 8.34. The van der Waals surface area contributed by atoms with E-state index in [2.05, 4.69) is 15.8 Å². The van der Waals surface area contributed by atoms with Crippen LogP contribution in [0.4, 0.5) is 0 Å². The molecule has 0 saturated heterocycles. The molecule has 0 fully saturated rings. The van der Waals surface area contributed by atoms with Gasteiger partial charge in [-0.15, -0.1) is 0 Å². The third kappa shape index (κ3) is 3.33. The lowest BCUT2D eigenvalue weighted by Crippen LogP contribution is -2.43. The van der Waals surface area contributed by atoms with Crippen LogP contribution in [0.2, 0.25) is 0 Å². The molecule has 0 aliphatic carbocycles. The number of ketones is 1. The summed E-state index contributed by atoms with van der Waals surface area (Å²) in [7, 11) is 1.79. The van der Waals surface area contributed by atoms with Crippen LogP contribution < -0.4 is 10.9 Å². The number of aromatic nitrogens is 2. The van der Waals surface area contributed by atoms with Gasteiger partial charge in [0.05, 0.1) is 0 Å². The number of Topliss-reactive ketones (excluding diaryl/α,β-unsaturated/α-hetero) is 1. The quantitative estimate of drug-likeness (QED) is 0.359. The van der Waals surface area contributed by atoms with E-state index < -0.39 is 6.04 Å². The fourth-order valence-corrected chi connectivity index (χ4v) is 3.28. The molecule has 0 spiro atoms. The maximum atomic E-state index is 13.3. The number of nitrogens with zero attached hydrogens (tertiary/aromatic N) is 1. The number of H-pyrrole nitrogens is 1. The minimum absolute atomic E-state index is 0.129. The molecule has 0 saturated carbocycles. The molecule has 1 amide bonds. The Kier molecular flexibility index (Phi) is 4.78. The first-order valence-electron chi connectivity index (χ1n) is 8.97. The number of nitrogens with one attached hydrogen (secondary N) is 3. The molecule has 0 radical (unpaired) electrons. The summed E-state index contributed by atoms with van der Waals surface area (Å²) >= 11 is 0. The second kappa shape index (κ2) is 7.54. The Hall–Kier alpha value is -3.64. The highest BCUT2D eigenvalue weighted by molar-refractivity contribution is 6.10. The van der Waals surface area contributed by atoms with E-state index >= 15 is 0 Å². The third-order valence-electron chi connectivity index (χ3n) is 4.76. The van der Waals surface area contributed by atoms with Crippen molar-refractivity contribution in [3.63, 3.8) is 0 Å². The summed E-state index contributed by atoms with van der Waals surface area (Å²) in [6, 6.07) is 19.8. The summed E-state index contributed by atoms with van der Waals surface area (Å²) in [5.74, 6) is -0.434. The lowest BCUT2D eigenvalue weighted by Gasteiger charge is -2.19. The number of aromatic amines is 1. The molecule has 0 bridgehead atoms. The minimum atomic E-state index is -0.718. The van der Waals surface area contributed by atoms with Crippen LogP contribution in [0.1, 0.15) is 32.5 Å². The Morgan fingerprint density at radius 2 is 1.71 bits per heavy atom. The van der Waals surface area contributed by atoms with Gasteiger partial charge in [0.25, 0.3) is 5.91 Å². The van der Waals surface area contributed by atoms with E-state index in [4.69, 9.17) is 0 Å². The van der Waals surface area contributed by atoms with Crippen molar-refractivity contribution >= 4 is 22.6 Å². The molecule has 3 N–H and O–H groups in total. The predicted octanol–water partition coefficient (Wildman–Crippen LogP) is 3.37. The zero-order valence-electron chi connectivity index (χ0n) is 15.3. The average Bonchev–Trinajstić information content (AvgIpc) is 3.35. The van der Waals surface area contributed by atoms with Crippen molar-refractivity contribution in [2.45, 2.75) is 6.04 Å². The molecule has 6 heteroatoms. The average molecular weight is 372 g/mol. The van der Waals surface area contributed by atoms with Gasteiger partial charge in [0.1, 0.15) is 11.7 Å². The van der Waals surface area contributed by atoms with Gasteiger partial charge in [-0.05, 0) is 23.8 Å². The summed E-state index contributed by atoms with van der Waals surface area (Å²) < 4.78 is 1.72. The lowest BCUT2D eigenvalue weighted by molar-refractivity contribution is 0.0879. The molecule has 1 atom stereocenters. The van der Waals surface area contributed by atoms with E-state index in [0.29, 0.717) is 11.3 Å². The first-order chi connectivity index (χ1) is 13.6. The number of benzene rings is 2. The smallest absolute Gasteiger partial charge is 0.282 e. The molecule has 4 aromatic rings. The molecule has 2 aromatic heterocycles. The Morgan fingerprint density at radius 1 is 0.964 bits per heavy atom. The van der Waals surface area contributed by atoms with Gasteiger partial charge in [0, 0.05) is 35.9 Å². The van der Waals surface area contributed by atoms with Crippen molar-refractivity contribution in [3.8, 4) is 0 Å². The van der Waals surface area contributed by atoms with Crippen molar-refractivity contribution in [2.75, 3.05) is 0 Å². The van der Waals surface area contributed by atoms with Gasteiger partial charge in [-0.3, -0.25) is 15.0 Å². The number of carbonyl (C=O) groups excluding carboxylic acids is 2. The number of hydrogen-bond acceptors (Lipinski definition) is 3. The van der Waals surface area contributed by atoms with Crippen molar-refractivity contribution in [1.29, 1.82) is 0 Å². The van der Waals surface area contributed by atoms with Crippen molar-refractivity contribution in [3.05, 3.63) is 95.9 Å². The van der Waals surface area contributed by atoms with Crippen LogP contribution in [-0.4, -0.2) is 21.2 Å². The van der Waals surface area contributed by atoms with Gasteiger partial charge in [-0.25, -0.2) is 5.43 Å². The van der Waals surface area contributed by atoms with Crippen LogP contribution in [0.15, 0.2) is 79.1 Å². The molecule has 6 nitrogen and oxygen atoms in total. The number of fused-ring (bicyclic) bond motifs is 1. The molecule has 0 unspecified atom stereocenters. The van der Waals surface area contributed by atoms with Gasteiger partial charge in [0.15, 0.2) is 5.78 Å². The fourth-order valence-electron chi connectivity index (χ4n) is 3.28. The zero-order chi connectivity index (χ0) is 19.5. The molecule has 4 rings (SSSR count). The summed E-state index contributed by atoms with van der Waals surface area (Å²) in [6.45, 7) is 0. The highest BCUT2D eigenvalue weighted by Gasteiger charge is 2.25. The van der Waals surface area contributed by atoms with Crippen molar-refractivity contribution in [1.82, 2.24) is 20.4 Å². The summed E-state index contributed by atoms with van der Waals surface area (Å²) in [5, 5.41) is 0.851. The number of para-hydroxylation sites is 1. The van der Waals surface area contributed by atoms with E-state index in [1.165, 1.54) is 0 Å². The van der Waals surface area contributed by atoms with Gasteiger partial charge in [0.2, 0.25) is 0 Å². The number of rotatable bonds is 6. The van der Waals surface area contributed by atoms with Crippen LogP contribution in [0, 0.1) is 0 Å². The van der Waals surface area contributed by atoms with Crippen LogP contribution in [-0.2, 0) is 7.05 Å². The highest BCUT2D eigenvalue weighted by atomic mass is 16.2. The van der Waals surface area contributed by atoms with Crippen LogP contribution in [0.25, 0.3) is 10.9 Å². The Balaban J connectivity index is 1.63. The second-order valence-electron chi connectivity index (χ2n) is 6.56. The van der Waals surface area contributed by atoms with Crippen molar-refractivity contribution < 1.29 is 9.59 Å². The second-order valence-corrected chi connectivity index (χ2v) is 6.56. The predicted molar refractivity (Wildman–Crippen MR) is 108 cm³/mol. The van der Waals surface area contributed by atoms with Crippen molar-refractivity contribution in [2.24, 2.45) is 7.05 Å². The van der Waals surface area contributed by atoms with E-state index in [1.807, 2.05) is 54.6 Å². The normalized spacial score (nSPS) is 12.0. The molecule has 2 heterocycles. The number of aryl methyl sites for hydroxylation is 1. The van der Waals surface area contributed by atoms with E-state index in [1.54, 1.807) is 36.1 Å². The minimum Gasteiger partial charge on any atom is -0.360 e. The number of carbonyl (C=O) groups is 2. The fraction of sp³-hybridized carbons (Fsp3) is 0.0909. The third-order valence-corrected chi connectivity index (χ3v) is 4.76. The first-order valence-corrected chi connectivity index (χ1v) is 8.97. The Morgan fingerprint density at radius 3 is 2.46 bits per heavy atom. The topological polar surface area (TPSA) is 78.9 Å². The van der Waals surface area contributed by atoms with Crippen LogP contribution in [0.5, 0.6) is 0 Å². The largest absolute Gasteiger partial charge is 0.360 e. The van der Waals surface area contributed by atoms with E-state index in [-0.39, 0.29) is 11.7 Å². The maximum absolute atomic E-state index is 13.3. The molecule has 28 heavy (non-hydrogen) atoms. The number of amides is 1. The zero-order valence-corrected chi connectivity index (χ0v) is 15.3. The molecular weight excluding hydrogens is 352 g/mol. The monoisotopic (exact) mass is 372 g/mol. The molecule has 140 valence electrons. The lowest BCUT2D eigenvalue weighted by atomic mass is 9.97. The van der Waals surface area contributed by atoms with E-state index in [0.717, 1.165) is 16.5 Å². The molecule has 0 aliphatic heterocycles. The van der Waals surface area contributed by atoms with E-state index in [9.17, 15) is 9.59 Å². The number of hydrazine groups is 1. The van der Waals surface area contributed by atoms with Gasteiger partial charge in [-0.2, -0.15) is 0 Å². The molecule has 0 aliphatic rings. The van der Waals surface area contributed by atoms with Crippen LogP contribution in [0.3, 0.4) is 0 Å². The van der Waals surface area contributed by atoms with Gasteiger partial charge < -0.3 is 9.55 Å². The maximum Gasteiger partial charge on any atom is 0.282 e. The molecule has 2 aromatic carbocycles. The number of hydrogen-bond donors (Lipinski definition) is 3. The van der Waals surface area contributed by atoms with Gasteiger partial charge >= 0.3 is 0 Å². The highest BCUT2D eigenvalue weighted by Crippen LogP contribution is 2.24. The first kappa shape index (κ1) is 17.8. The SMILES string of the molecule is Cn1cccc1C(=O)NN[C@H](C(=O)c1c[nH]c2ccccc12)c1ccccc1.